The fraction of sp³-hybridized carbons (Fsp3) is 0.429. The number of hydrogen-bond acceptors (Lipinski definition) is 18. The van der Waals surface area contributed by atoms with Crippen LogP contribution in [0.25, 0.3) is 0 Å². The van der Waals surface area contributed by atoms with Crippen LogP contribution in [0.5, 0.6) is 0 Å². The predicted octanol–water partition coefficient (Wildman–Crippen LogP) is 3.62. The molecule has 26 heteroatoms. The van der Waals surface area contributed by atoms with Crippen LogP contribution in [0.2, 0.25) is 0 Å². The molecule has 1 aliphatic carbocycles. The highest BCUT2D eigenvalue weighted by molar-refractivity contribution is 7.84. The molecule has 2 atom stereocenters. The number of benzene rings is 2. The van der Waals surface area contributed by atoms with E-state index in [1.54, 1.807) is 90.1 Å². The van der Waals surface area contributed by atoms with E-state index in [4.69, 9.17) is 23.8 Å². The summed E-state index contributed by atoms with van der Waals surface area (Å²) < 4.78 is 56.3. The number of hydrogen-bond donors (Lipinski definition) is 5. The molecular weight excluding hydrogens is 933 g/mol. The summed E-state index contributed by atoms with van der Waals surface area (Å²) in [5.41, 5.74) is -2.46. The number of aromatic nitrogens is 4. The number of carbonyl (C=O) groups is 6. The molecule has 0 radical (unpaired) electrons. The molecule has 68 heavy (non-hydrogen) atoms. The average molecular weight is 983 g/mol. The maximum Gasteiger partial charge on any atom is 0.413 e. The lowest BCUT2D eigenvalue weighted by molar-refractivity contribution is -0.164. The quantitative estimate of drug-likeness (QED) is 0.0181. The number of β-lactam (4-membered cyclic amide) rings is 1. The molecule has 24 nitrogen and oxygen atoms in total. The monoisotopic (exact) mass is 982 g/mol. The number of nitrogens with one attached hydrogen (secondary N) is 4. The number of amides is 5. The van der Waals surface area contributed by atoms with Crippen molar-refractivity contribution in [2.75, 3.05) is 18.5 Å². The van der Waals surface area contributed by atoms with Gasteiger partial charge in [-0.25, -0.2) is 28.5 Å². The topological polar surface area (TPSA) is 310 Å². The zero-order valence-electron chi connectivity index (χ0n) is 37.7. The Morgan fingerprint density at radius 3 is 2.12 bits per heavy atom. The Labute approximate surface area is 393 Å². The van der Waals surface area contributed by atoms with Crippen molar-refractivity contribution in [1.82, 2.24) is 40.2 Å². The standard InChI is InChI=1S/C42H50N10O14S2/c1-40(2,3)64-38(57)43-19-20-62-37(56)44-21-27-22-45-51(49-27)23-29-31(34(54)52(29)68(59,60)61)47-33(53)30(28-24-67-36(46-28)48-39(58)65-41(4,5)6)50-66-42(17-18-42)35(55)63-32(25-13-9-7-10-14-25)26-15-11-8-12-16-26/h7-16,22,24,29,31-32H,17-21,23H2,1-6H3,(H,43,57)(H,44,56)(H,47,53)(H,46,48,58)(H,59,60,61)/b50-30+/t29-,31+/m1/s1. The lowest BCUT2D eigenvalue weighted by Gasteiger charge is -2.43. The number of rotatable bonds is 18. The third-order valence-corrected chi connectivity index (χ3v) is 11.1. The van der Waals surface area contributed by atoms with Crippen LogP contribution in [-0.4, -0.2) is 121 Å². The summed E-state index contributed by atoms with van der Waals surface area (Å²) in [5, 5.41) is 23.3. The van der Waals surface area contributed by atoms with Crippen molar-refractivity contribution < 1.29 is 65.5 Å². The molecule has 3 heterocycles. The fourth-order valence-corrected chi connectivity index (χ4v) is 7.81. The van der Waals surface area contributed by atoms with Crippen LogP contribution >= 0.6 is 11.3 Å². The number of ether oxygens (including phenoxy) is 4. The second kappa shape index (κ2) is 20.8. The normalized spacial score (nSPS) is 16.7. The van der Waals surface area contributed by atoms with Crippen LogP contribution in [0.1, 0.15) is 83.0 Å². The Bertz CT molecular complexity index is 2590. The smallest absolute Gasteiger partial charge is 0.413 e. The second-order valence-electron chi connectivity index (χ2n) is 17.2. The van der Waals surface area contributed by atoms with E-state index in [2.05, 4.69) is 41.6 Å². The summed E-state index contributed by atoms with van der Waals surface area (Å²) in [7, 11) is -5.18. The third-order valence-electron chi connectivity index (χ3n) is 9.44. The van der Waals surface area contributed by atoms with E-state index in [-0.39, 0.29) is 53.4 Å². The van der Waals surface area contributed by atoms with Gasteiger partial charge in [0.05, 0.1) is 25.8 Å². The molecule has 5 amide bonds. The number of thiazole rings is 1. The molecule has 6 rings (SSSR count). The summed E-state index contributed by atoms with van der Waals surface area (Å²) in [6, 6.07) is 14.9. The van der Waals surface area contributed by atoms with E-state index in [9.17, 15) is 41.7 Å². The molecule has 5 N–H and O–H groups in total. The van der Waals surface area contributed by atoms with Crippen LogP contribution in [0.4, 0.5) is 19.5 Å². The first-order chi connectivity index (χ1) is 32.0. The zero-order valence-corrected chi connectivity index (χ0v) is 39.3. The van der Waals surface area contributed by atoms with Gasteiger partial charge in [0.2, 0.25) is 5.60 Å². The van der Waals surface area contributed by atoms with Gasteiger partial charge < -0.3 is 39.7 Å². The Hall–Kier alpha value is -7.19. The highest BCUT2D eigenvalue weighted by atomic mass is 32.2. The van der Waals surface area contributed by atoms with Crippen LogP contribution in [0.3, 0.4) is 0 Å². The highest BCUT2D eigenvalue weighted by Gasteiger charge is 2.57. The lowest BCUT2D eigenvalue weighted by atomic mass is 9.98. The van der Waals surface area contributed by atoms with Crippen molar-refractivity contribution in [1.29, 1.82) is 0 Å². The molecule has 1 saturated heterocycles. The summed E-state index contributed by atoms with van der Waals surface area (Å²) in [6.07, 6.45) is -1.71. The van der Waals surface area contributed by atoms with E-state index in [1.807, 2.05) is 12.1 Å². The molecule has 1 saturated carbocycles. The number of oxime groups is 1. The molecule has 0 bridgehead atoms. The van der Waals surface area contributed by atoms with Gasteiger partial charge in [0.25, 0.3) is 11.8 Å². The third kappa shape index (κ3) is 13.7. The molecule has 1 aliphatic heterocycles. The largest absolute Gasteiger partial charge is 0.450 e. The van der Waals surface area contributed by atoms with E-state index in [0.717, 1.165) is 16.1 Å². The van der Waals surface area contributed by atoms with Crippen molar-refractivity contribution in [2.24, 2.45) is 5.16 Å². The van der Waals surface area contributed by atoms with Gasteiger partial charge in [-0.2, -0.15) is 23.4 Å². The van der Waals surface area contributed by atoms with E-state index in [0.29, 0.717) is 11.1 Å². The molecule has 4 aromatic rings. The maximum absolute atomic E-state index is 14.2. The highest BCUT2D eigenvalue weighted by Crippen LogP contribution is 2.43. The van der Waals surface area contributed by atoms with Gasteiger partial charge in [0.15, 0.2) is 16.9 Å². The van der Waals surface area contributed by atoms with Gasteiger partial charge in [-0.3, -0.25) is 19.5 Å². The number of anilines is 1. The van der Waals surface area contributed by atoms with Crippen LogP contribution in [0.15, 0.2) is 77.4 Å². The molecule has 2 aromatic heterocycles. The molecular formula is C42H50N10O14S2. The molecule has 364 valence electrons. The Morgan fingerprint density at radius 1 is 0.912 bits per heavy atom. The predicted molar refractivity (Wildman–Crippen MR) is 239 cm³/mol. The summed E-state index contributed by atoms with van der Waals surface area (Å²) >= 11 is 0.877. The first kappa shape index (κ1) is 50.2. The first-order valence-corrected chi connectivity index (χ1v) is 23.2. The Morgan fingerprint density at radius 2 is 1.53 bits per heavy atom. The van der Waals surface area contributed by atoms with Gasteiger partial charge in [-0.15, -0.1) is 11.3 Å². The maximum atomic E-state index is 14.2. The van der Waals surface area contributed by atoms with Gasteiger partial charge >= 0.3 is 34.6 Å². The minimum Gasteiger partial charge on any atom is -0.450 e. The molecule has 0 unspecified atom stereocenters. The van der Waals surface area contributed by atoms with Crippen molar-refractivity contribution in [3.05, 3.63) is 94.8 Å². The Kier molecular flexibility index (Phi) is 15.3. The fourth-order valence-electron chi connectivity index (χ4n) is 6.26. The number of carbonyl (C=O) groups excluding carboxylic acids is 6. The lowest BCUT2D eigenvalue weighted by Crippen LogP contribution is -2.73. The van der Waals surface area contributed by atoms with Crippen molar-refractivity contribution in [3.63, 3.8) is 0 Å². The number of nitrogens with zero attached hydrogens (tertiary/aromatic N) is 6. The van der Waals surface area contributed by atoms with Gasteiger partial charge in [-0.05, 0) is 52.7 Å². The van der Waals surface area contributed by atoms with Gasteiger partial charge in [0.1, 0.15) is 41.3 Å². The SMILES string of the molecule is CC(C)(C)OC(=O)NCCOC(=O)NCc1cnn(C[C@@H]2[C@H](NC(=O)/C(=N/OC3(C(=O)OC(c4ccccc4)c4ccccc4)CC3)c3csc(NC(=O)OC(C)(C)C)n3)C(=O)N2S(=O)(=O)O)n1. The van der Waals surface area contributed by atoms with Gasteiger partial charge in [-0.1, -0.05) is 65.8 Å². The van der Waals surface area contributed by atoms with E-state index >= 15 is 0 Å². The second-order valence-corrected chi connectivity index (χ2v) is 19.4. The summed E-state index contributed by atoms with van der Waals surface area (Å²) in [5.74, 6) is -3.15. The van der Waals surface area contributed by atoms with Crippen molar-refractivity contribution >= 4 is 68.5 Å². The van der Waals surface area contributed by atoms with Crippen molar-refractivity contribution in [3.8, 4) is 0 Å². The Balaban J connectivity index is 1.17. The van der Waals surface area contributed by atoms with Crippen LogP contribution in [0, 0.1) is 0 Å². The van der Waals surface area contributed by atoms with Gasteiger partial charge in [0, 0.05) is 18.2 Å². The molecule has 2 aliphatic rings. The molecule has 0 spiro atoms. The number of alkyl carbamates (subject to hydrolysis) is 2. The summed E-state index contributed by atoms with van der Waals surface area (Å²) in [6.45, 7) is 9.12. The minimum atomic E-state index is -5.18. The van der Waals surface area contributed by atoms with Crippen molar-refractivity contribution in [2.45, 2.75) is 102 Å². The molecule has 2 fully saturated rings. The van der Waals surface area contributed by atoms with E-state index in [1.165, 1.54) is 11.6 Å². The van der Waals surface area contributed by atoms with Crippen LogP contribution in [-0.2, 0) is 61.6 Å². The summed E-state index contributed by atoms with van der Waals surface area (Å²) in [4.78, 5) is 89.0. The first-order valence-electron chi connectivity index (χ1n) is 20.9. The van der Waals surface area contributed by atoms with E-state index < -0.39 is 93.6 Å². The zero-order chi connectivity index (χ0) is 49.4. The number of esters is 1. The minimum absolute atomic E-state index is 0.0301. The van der Waals surface area contributed by atoms with Crippen LogP contribution < -0.4 is 21.3 Å². The molecule has 2 aromatic carbocycles. The average Bonchev–Trinajstić information content (AvgIpc) is 3.68.